The smallest absolute Gasteiger partial charge is 0.225 e. The van der Waals surface area contributed by atoms with Gasteiger partial charge in [-0.25, -0.2) is 8.42 Å². The first-order valence-electron chi connectivity index (χ1n) is 5.38. The summed E-state index contributed by atoms with van der Waals surface area (Å²) in [6, 6.07) is 3.20. The summed E-state index contributed by atoms with van der Waals surface area (Å²) in [6.07, 6.45) is 2.46. The van der Waals surface area contributed by atoms with Crippen molar-refractivity contribution in [2.45, 2.75) is 12.7 Å². The van der Waals surface area contributed by atoms with Crippen LogP contribution in [0.25, 0.3) is 0 Å². The Morgan fingerprint density at radius 2 is 2.17 bits per heavy atom. The monoisotopic (exact) mass is 295 g/mol. The zero-order valence-electron chi connectivity index (χ0n) is 10.9. The predicted molar refractivity (Wildman–Crippen MR) is 69.2 cm³/mol. The minimum Gasteiger partial charge on any atom is -0.467 e. The summed E-state index contributed by atoms with van der Waals surface area (Å²) in [6.45, 7) is 3.35. The predicted octanol–water partition coefficient (Wildman–Crippen LogP) is 2.11. The second-order valence-corrected chi connectivity index (χ2v) is 8.60. The van der Waals surface area contributed by atoms with Crippen molar-refractivity contribution >= 4 is 17.4 Å². The van der Waals surface area contributed by atoms with Gasteiger partial charge in [-0.15, -0.1) is 0 Å². The highest BCUT2D eigenvalue weighted by molar-refractivity contribution is 7.88. The molecule has 0 N–H and O–H groups in total. The summed E-state index contributed by atoms with van der Waals surface area (Å²) in [5.74, 6) is -0.635. The van der Waals surface area contributed by atoms with Crippen molar-refractivity contribution in [3.63, 3.8) is 0 Å². The Morgan fingerprint density at radius 3 is 2.56 bits per heavy atom. The minimum absolute atomic E-state index is 0.239. The molecule has 1 rings (SSSR count). The minimum atomic E-state index is -3.51. The van der Waals surface area contributed by atoms with Crippen molar-refractivity contribution in [2.75, 3.05) is 26.6 Å². The van der Waals surface area contributed by atoms with Crippen LogP contribution < -0.4 is 0 Å². The molecular weight excluding hydrogens is 277 g/mol. The highest BCUT2D eigenvalue weighted by atomic mass is 32.2. The summed E-state index contributed by atoms with van der Waals surface area (Å²) in [7, 11) is -5.34. The molecule has 0 amide bonds. The molecule has 0 saturated carbocycles. The molecular formula is C10H18NO5PS. The van der Waals surface area contributed by atoms with Crippen LogP contribution in [0.1, 0.15) is 18.5 Å². The van der Waals surface area contributed by atoms with E-state index < -0.39 is 23.2 Å². The number of nitrogens with zero attached hydrogens (tertiary/aromatic N) is 1. The third-order valence-electron chi connectivity index (χ3n) is 2.49. The summed E-state index contributed by atoms with van der Waals surface area (Å²) in [5.41, 5.74) is 0. The number of furan rings is 1. The SMILES string of the molecule is CCO[P@@](C)(=O)[C@@H](c1ccco1)N(C)S(C)(=O)=O. The van der Waals surface area contributed by atoms with Crippen LogP contribution in [0, 0.1) is 0 Å². The number of rotatable bonds is 6. The molecule has 8 heteroatoms. The number of sulfonamides is 1. The maximum absolute atomic E-state index is 12.5. The first kappa shape index (κ1) is 15.4. The van der Waals surface area contributed by atoms with E-state index in [4.69, 9.17) is 8.94 Å². The van der Waals surface area contributed by atoms with Crippen LogP contribution in [0.15, 0.2) is 22.8 Å². The van der Waals surface area contributed by atoms with E-state index in [9.17, 15) is 13.0 Å². The fraction of sp³-hybridized carbons (Fsp3) is 0.600. The van der Waals surface area contributed by atoms with E-state index >= 15 is 0 Å². The molecule has 0 bridgehead atoms. The third-order valence-corrected chi connectivity index (χ3v) is 6.17. The highest BCUT2D eigenvalue weighted by Gasteiger charge is 2.39. The molecule has 0 aliphatic carbocycles. The molecule has 1 aromatic heterocycles. The Balaban J connectivity index is 3.24. The van der Waals surface area contributed by atoms with Gasteiger partial charge in [-0.2, -0.15) is 4.31 Å². The summed E-state index contributed by atoms with van der Waals surface area (Å²) < 4.78 is 47.2. The van der Waals surface area contributed by atoms with E-state index in [0.29, 0.717) is 5.76 Å². The topological polar surface area (TPSA) is 76.8 Å². The lowest BCUT2D eigenvalue weighted by Gasteiger charge is -2.29. The Labute approximate surface area is 107 Å². The van der Waals surface area contributed by atoms with E-state index in [2.05, 4.69) is 0 Å². The zero-order chi connectivity index (χ0) is 14.0. The first-order chi connectivity index (χ1) is 8.20. The maximum Gasteiger partial charge on any atom is 0.225 e. The van der Waals surface area contributed by atoms with Crippen molar-refractivity contribution in [2.24, 2.45) is 0 Å². The van der Waals surface area contributed by atoms with Crippen LogP contribution >= 0.6 is 7.37 Å². The molecule has 104 valence electrons. The molecule has 6 nitrogen and oxygen atoms in total. The molecule has 0 unspecified atom stereocenters. The van der Waals surface area contributed by atoms with Crippen LogP contribution in [-0.4, -0.2) is 39.3 Å². The largest absolute Gasteiger partial charge is 0.467 e. The van der Waals surface area contributed by atoms with Gasteiger partial charge in [-0.3, -0.25) is 4.57 Å². The fourth-order valence-corrected chi connectivity index (χ4v) is 5.00. The standard InChI is InChI=1S/C10H18NO5PS/c1-5-16-17(3,12)10(9-7-6-8-15-9)11(2)18(4,13)14/h6-8,10H,5H2,1-4H3/t10-,17+/m0/s1. The van der Waals surface area contributed by atoms with E-state index in [-0.39, 0.29) is 6.61 Å². The summed E-state index contributed by atoms with van der Waals surface area (Å²) in [5, 5.41) is 0. The van der Waals surface area contributed by atoms with Crippen molar-refractivity contribution in [3.8, 4) is 0 Å². The van der Waals surface area contributed by atoms with Gasteiger partial charge in [-0.1, -0.05) is 0 Å². The lowest BCUT2D eigenvalue weighted by Crippen LogP contribution is -2.30. The van der Waals surface area contributed by atoms with E-state index in [1.165, 1.54) is 20.0 Å². The van der Waals surface area contributed by atoms with Gasteiger partial charge in [0.15, 0.2) is 5.78 Å². The van der Waals surface area contributed by atoms with E-state index in [0.717, 1.165) is 10.6 Å². The van der Waals surface area contributed by atoms with Crippen LogP contribution in [0.5, 0.6) is 0 Å². The van der Waals surface area contributed by atoms with Crippen LogP contribution in [0.2, 0.25) is 0 Å². The van der Waals surface area contributed by atoms with Crippen LogP contribution in [0.4, 0.5) is 0 Å². The van der Waals surface area contributed by atoms with Crippen molar-refractivity contribution in [1.82, 2.24) is 4.31 Å². The van der Waals surface area contributed by atoms with Gasteiger partial charge in [0, 0.05) is 13.7 Å². The summed E-state index contributed by atoms with van der Waals surface area (Å²) >= 11 is 0. The number of hydrogen-bond donors (Lipinski definition) is 0. The molecule has 0 radical (unpaired) electrons. The van der Waals surface area contributed by atoms with Gasteiger partial charge < -0.3 is 8.94 Å². The van der Waals surface area contributed by atoms with Crippen LogP contribution in [0.3, 0.4) is 0 Å². The molecule has 0 saturated heterocycles. The lowest BCUT2D eigenvalue weighted by atomic mass is 10.4. The average Bonchev–Trinajstić information content (AvgIpc) is 2.68. The Kier molecular flexibility index (Phi) is 4.78. The molecule has 18 heavy (non-hydrogen) atoms. The Hall–Kier alpha value is -0.620. The van der Waals surface area contributed by atoms with Gasteiger partial charge >= 0.3 is 0 Å². The maximum atomic E-state index is 12.5. The molecule has 2 atom stereocenters. The third kappa shape index (κ3) is 3.45. The molecule has 0 aliphatic heterocycles. The van der Waals surface area contributed by atoms with E-state index in [1.807, 2.05) is 0 Å². The molecule has 0 spiro atoms. The van der Waals surface area contributed by atoms with Crippen molar-refractivity contribution in [1.29, 1.82) is 0 Å². The zero-order valence-corrected chi connectivity index (χ0v) is 12.6. The molecule has 0 aliphatic rings. The Bertz CT molecular complexity index is 524. The quantitative estimate of drug-likeness (QED) is 0.751. The first-order valence-corrected chi connectivity index (χ1v) is 9.37. The Morgan fingerprint density at radius 1 is 1.56 bits per heavy atom. The molecule has 0 fully saturated rings. The molecule has 0 aromatic carbocycles. The number of hydrogen-bond acceptors (Lipinski definition) is 5. The summed E-state index contributed by atoms with van der Waals surface area (Å²) in [4.78, 5) is 0. The molecule has 1 aromatic rings. The van der Waals surface area contributed by atoms with Crippen molar-refractivity contribution < 1.29 is 21.9 Å². The normalized spacial score (nSPS) is 17.6. The van der Waals surface area contributed by atoms with Crippen molar-refractivity contribution in [3.05, 3.63) is 24.2 Å². The van der Waals surface area contributed by atoms with Gasteiger partial charge in [0.25, 0.3) is 0 Å². The van der Waals surface area contributed by atoms with Gasteiger partial charge in [0.2, 0.25) is 17.4 Å². The molecule has 1 heterocycles. The fourth-order valence-electron chi connectivity index (χ4n) is 1.65. The van der Waals surface area contributed by atoms with E-state index in [1.54, 1.807) is 19.1 Å². The van der Waals surface area contributed by atoms with Gasteiger partial charge in [0.05, 0.1) is 19.1 Å². The van der Waals surface area contributed by atoms with Gasteiger partial charge in [0.1, 0.15) is 5.76 Å². The second kappa shape index (κ2) is 5.57. The highest BCUT2D eigenvalue weighted by Crippen LogP contribution is 2.58. The van der Waals surface area contributed by atoms with Gasteiger partial charge in [-0.05, 0) is 19.1 Å². The second-order valence-electron chi connectivity index (χ2n) is 3.99. The lowest BCUT2D eigenvalue weighted by molar-refractivity contribution is 0.295. The average molecular weight is 295 g/mol. The van der Waals surface area contributed by atoms with Crippen LogP contribution in [-0.2, 0) is 19.1 Å².